The summed E-state index contributed by atoms with van der Waals surface area (Å²) in [5.74, 6) is -0.124. The third-order valence-corrected chi connectivity index (χ3v) is 4.95. The highest BCUT2D eigenvalue weighted by atomic mass is 16.2. The molecule has 1 saturated heterocycles. The minimum absolute atomic E-state index is 0.0308. The van der Waals surface area contributed by atoms with Gasteiger partial charge in [0.15, 0.2) is 0 Å². The van der Waals surface area contributed by atoms with Gasteiger partial charge in [-0.3, -0.25) is 14.2 Å². The molecule has 1 aromatic carbocycles. The van der Waals surface area contributed by atoms with Crippen LogP contribution in [-0.4, -0.2) is 63.4 Å². The molecule has 11 heteroatoms. The molecule has 4 heterocycles. The van der Waals surface area contributed by atoms with E-state index in [2.05, 4.69) is 25.5 Å². The Morgan fingerprint density at radius 1 is 1.14 bits per heavy atom. The first kappa shape index (κ1) is 17.2. The molecule has 29 heavy (non-hydrogen) atoms. The van der Waals surface area contributed by atoms with Crippen molar-refractivity contribution in [3.8, 4) is 0 Å². The molecule has 0 aliphatic carbocycles. The van der Waals surface area contributed by atoms with Crippen molar-refractivity contribution in [1.82, 2.24) is 44.4 Å². The zero-order chi connectivity index (χ0) is 19.8. The number of fused-ring (bicyclic) bond motifs is 1. The summed E-state index contributed by atoms with van der Waals surface area (Å²) in [7, 11) is 0. The predicted octanol–water partition coefficient (Wildman–Crippen LogP) is -0.289. The highest BCUT2D eigenvalue weighted by molar-refractivity contribution is 5.79. The van der Waals surface area contributed by atoms with Crippen LogP contribution in [0.2, 0.25) is 0 Å². The number of hydrogen-bond donors (Lipinski definition) is 0. The maximum atomic E-state index is 12.5. The zero-order valence-electron chi connectivity index (χ0n) is 15.4. The van der Waals surface area contributed by atoms with Crippen LogP contribution < -0.4 is 5.56 Å². The second kappa shape index (κ2) is 6.93. The highest BCUT2D eigenvalue weighted by Gasteiger charge is 2.33. The number of amides is 1. The molecule has 1 aliphatic rings. The van der Waals surface area contributed by atoms with Crippen molar-refractivity contribution in [2.75, 3.05) is 13.1 Å². The standard InChI is InChI=1S/C18H17N9O2/c28-17(11-25-12-19-16-4-2-1-3-15(16)18(25)29)24-9-14(10-24)26-7-13(22-23-26)8-27-20-5-6-21-27/h1-7,12,14H,8-11H2. The summed E-state index contributed by atoms with van der Waals surface area (Å²) in [6.07, 6.45) is 6.48. The molecule has 5 rings (SSSR count). The summed E-state index contributed by atoms with van der Waals surface area (Å²) in [5, 5.41) is 16.9. The van der Waals surface area contributed by atoms with Gasteiger partial charge in [-0.2, -0.15) is 15.0 Å². The SMILES string of the molecule is O=C(Cn1cnc2ccccc2c1=O)N1CC(n2cc(Cn3nccn3)nn2)C1. The number of aromatic nitrogens is 8. The highest BCUT2D eigenvalue weighted by Crippen LogP contribution is 2.20. The quantitative estimate of drug-likeness (QED) is 0.459. The van der Waals surface area contributed by atoms with E-state index < -0.39 is 0 Å². The Kier molecular flexibility index (Phi) is 4.12. The van der Waals surface area contributed by atoms with Gasteiger partial charge in [0.1, 0.15) is 18.8 Å². The molecule has 1 aliphatic heterocycles. The number of nitrogens with zero attached hydrogens (tertiary/aromatic N) is 9. The van der Waals surface area contributed by atoms with Crippen LogP contribution in [-0.2, 0) is 17.9 Å². The third kappa shape index (κ3) is 3.26. The number of hydrogen-bond acceptors (Lipinski definition) is 7. The molecule has 0 spiro atoms. The van der Waals surface area contributed by atoms with E-state index in [1.165, 1.54) is 15.7 Å². The monoisotopic (exact) mass is 391 g/mol. The van der Waals surface area contributed by atoms with Crippen LogP contribution in [0, 0.1) is 0 Å². The van der Waals surface area contributed by atoms with Crippen molar-refractivity contribution in [3.63, 3.8) is 0 Å². The summed E-state index contributed by atoms with van der Waals surface area (Å²) in [6, 6.07) is 7.17. The van der Waals surface area contributed by atoms with Gasteiger partial charge in [0.05, 0.1) is 41.9 Å². The summed E-state index contributed by atoms with van der Waals surface area (Å²) < 4.78 is 3.11. The van der Waals surface area contributed by atoms with Gasteiger partial charge in [0.25, 0.3) is 5.56 Å². The van der Waals surface area contributed by atoms with Crippen molar-refractivity contribution in [1.29, 1.82) is 0 Å². The Balaban J connectivity index is 1.21. The van der Waals surface area contributed by atoms with Crippen LogP contribution in [0.3, 0.4) is 0 Å². The normalized spacial score (nSPS) is 14.3. The lowest BCUT2D eigenvalue weighted by atomic mass is 10.1. The topological polar surface area (TPSA) is 117 Å². The Hall–Kier alpha value is -3.89. The smallest absolute Gasteiger partial charge is 0.261 e. The van der Waals surface area contributed by atoms with Crippen molar-refractivity contribution < 1.29 is 4.79 Å². The molecule has 3 aromatic heterocycles. The minimum atomic E-state index is -0.214. The molecule has 0 saturated carbocycles. The van der Waals surface area contributed by atoms with Gasteiger partial charge in [0.2, 0.25) is 5.91 Å². The van der Waals surface area contributed by atoms with Gasteiger partial charge in [0, 0.05) is 13.1 Å². The van der Waals surface area contributed by atoms with Crippen LogP contribution in [0.5, 0.6) is 0 Å². The number of carbonyl (C=O) groups excluding carboxylic acids is 1. The number of rotatable bonds is 5. The first-order valence-corrected chi connectivity index (χ1v) is 9.14. The molecule has 0 radical (unpaired) electrons. The Morgan fingerprint density at radius 3 is 2.76 bits per heavy atom. The Labute approximate surface area is 164 Å². The van der Waals surface area contributed by atoms with E-state index in [1.54, 1.807) is 40.2 Å². The number of benzene rings is 1. The van der Waals surface area contributed by atoms with Crippen LogP contribution in [0.1, 0.15) is 11.7 Å². The fourth-order valence-corrected chi connectivity index (χ4v) is 3.32. The summed E-state index contributed by atoms with van der Waals surface area (Å²) in [5.41, 5.74) is 1.16. The van der Waals surface area contributed by atoms with Gasteiger partial charge in [-0.25, -0.2) is 9.67 Å². The Morgan fingerprint density at radius 2 is 1.93 bits per heavy atom. The molecule has 1 fully saturated rings. The lowest BCUT2D eigenvalue weighted by molar-refractivity contribution is -0.137. The molecule has 0 N–H and O–H groups in total. The van der Waals surface area contributed by atoms with Crippen molar-refractivity contribution in [2.24, 2.45) is 0 Å². The Bertz CT molecular complexity index is 1220. The molecular formula is C18H17N9O2. The van der Waals surface area contributed by atoms with Gasteiger partial charge >= 0.3 is 0 Å². The largest absolute Gasteiger partial charge is 0.337 e. The second-order valence-electron chi connectivity index (χ2n) is 6.90. The fourth-order valence-electron chi connectivity index (χ4n) is 3.32. The summed E-state index contributed by atoms with van der Waals surface area (Å²) >= 11 is 0. The van der Waals surface area contributed by atoms with E-state index in [0.717, 1.165) is 5.69 Å². The molecule has 11 nitrogen and oxygen atoms in total. The fraction of sp³-hybridized carbons (Fsp3) is 0.278. The molecule has 146 valence electrons. The van der Waals surface area contributed by atoms with E-state index in [1.807, 2.05) is 12.3 Å². The van der Waals surface area contributed by atoms with Crippen LogP contribution >= 0.6 is 0 Å². The van der Waals surface area contributed by atoms with Gasteiger partial charge in [-0.1, -0.05) is 17.3 Å². The first-order valence-electron chi connectivity index (χ1n) is 9.14. The van der Waals surface area contributed by atoms with E-state index in [4.69, 9.17) is 0 Å². The van der Waals surface area contributed by atoms with Crippen molar-refractivity contribution in [3.05, 3.63) is 65.2 Å². The lowest BCUT2D eigenvalue weighted by Crippen LogP contribution is -2.52. The molecule has 4 aromatic rings. The molecular weight excluding hydrogens is 374 g/mol. The van der Waals surface area contributed by atoms with E-state index in [0.29, 0.717) is 30.5 Å². The van der Waals surface area contributed by atoms with Gasteiger partial charge < -0.3 is 4.90 Å². The maximum absolute atomic E-state index is 12.5. The average molecular weight is 391 g/mol. The van der Waals surface area contributed by atoms with Crippen LogP contribution in [0.25, 0.3) is 10.9 Å². The lowest BCUT2D eigenvalue weighted by Gasteiger charge is -2.38. The van der Waals surface area contributed by atoms with E-state index >= 15 is 0 Å². The number of likely N-dealkylation sites (tertiary alicyclic amines) is 1. The number of carbonyl (C=O) groups is 1. The second-order valence-corrected chi connectivity index (χ2v) is 6.90. The molecule has 0 unspecified atom stereocenters. The predicted molar refractivity (Wildman–Crippen MR) is 101 cm³/mol. The molecule has 0 atom stereocenters. The molecule has 1 amide bonds. The third-order valence-electron chi connectivity index (χ3n) is 4.95. The minimum Gasteiger partial charge on any atom is -0.337 e. The van der Waals surface area contributed by atoms with Gasteiger partial charge in [-0.15, -0.1) is 5.10 Å². The number of para-hydroxylation sites is 1. The van der Waals surface area contributed by atoms with Crippen molar-refractivity contribution >= 4 is 16.8 Å². The summed E-state index contributed by atoms with van der Waals surface area (Å²) in [6.45, 7) is 1.46. The average Bonchev–Trinajstić information content (AvgIpc) is 3.36. The van der Waals surface area contributed by atoms with E-state index in [-0.39, 0.29) is 24.1 Å². The van der Waals surface area contributed by atoms with Crippen LogP contribution in [0.15, 0.2) is 54.0 Å². The molecule has 0 bridgehead atoms. The van der Waals surface area contributed by atoms with Crippen molar-refractivity contribution in [2.45, 2.75) is 19.1 Å². The first-order chi connectivity index (χ1) is 14.2. The van der Waals surface area contributed by atoms with Gasteiger partial charge in [-0.05, 0) is 12.1 Å². The maximum Gasteiger partial charge on any atom is 0.261 e. The van der Waals surface area contributed by atoms with Crippen LogP contribution in [0.4, 0.5) is 0 Å². The van der Waals surface area contributed by atoms with E-state index in [9.17, 15) is 9.59 Å². The zero-order valence-corrected chi connectivity index (χ0v) is 15.4. The summed E-state index contributed by atoms with van der Waals surface area (Å²) in [4.78, 5) is 32.6.